The summed E-state index contributed by atoms with van der Waals surface area (Å²) in [7, 11) is 0. The molecule has 2 atom stereocenters. The van der Waals surface area contributed by atoms with E-state index in [1.54, 1.807) is 30.4 Å². The minimum atomic E-state index is -0.709. The Morgan fingerprint density at radius 2 is 1.91 bits per heavy atom. The predicted octanol–water partition coefficient (Wildman–Crippen LogP) is 2.71. The first-order valence-corrected chi connectivity index (χ1v) is 11.6. The fourth-order valence-corrected chi connectivity index (χ4v) is 3.82. The molecule has 8 nitrogen and oxygen atoms in total. The highest BCUT2D eigenvalue weighted by Crippen LogP contribution is 2.28. The van der Waals surface area contributed by atoms with Crippen LogP contribution in [0.2, 0.25) is 0 Å². The summed E-state index contributed by atoms with van der Waals surface area (Å²) < 4.78 is 11.8. The van der Waals surface area contributed by atoms with Gasteiger partial charge in [0, 0.05) is 24.1 Å². The number of primary amides is 1. The molecule has 1 amide bonds. The average Bonchev–Trinajstić information content (AvgIpc) is 2.80. The molecule has 1 aliphatic rings. The number of hydrogen-bond donors (Lipinski definition) is 5. The van der Waals surface area contributed by atoms with Crippen molar-refractivity contribution in [2.45, 2.75) is 50.9 Å². The Balaban J connectivity index is 1.47. The van der Waals surface area contributed by atoms with Crippen molar-refractivity contribution in [2.24, 2.45) is 5.73 Å². The molecule has 8 heteroatoms. The molecule has 0 radical (unpaired) electrons. The fourth-order valence-electron chi connectivity index (χ4n) is 3.82. The van der Waals surface area contributed by atoms with Crippen LogP contribution in [0.5, 0.6) is 11.5 Å². The van der Waals surface area contributed by atoms with Gasteiger partial charge in [0.2, 0.25) is 5.91 Å². The zero-order valence-corrected chi connectivity index (χ0v) is 20.6. The number of benzene rings is 2. The van der Waals surface area contributed by atoms with Gasteiger partial charge < -0.3 is 37.1 Å². The molecule has 0 heterocycles. The van der Waals surface area contributed by atoms with Crippen LogP contribution in [-0.4, -0.2) is 41.4 Å². The van der Waals surface area contributed by atoms with E-state index in [-0.39, 0.29) is 12.1 Å². The SMILES string of the molecule is CC(C)(Cc1ccc(OC2(C)C=CC(C(N)=O)=CC2)cc1)NC[C@H](O)COc1cccc(N)c1N. The summed E-state index contributed by atoms with van der Waals surface area (Å²) in [5, 5.41) is 13.8. The van der Waals surface area contributed by atoms with Crippen LogP contribution in [0.15, 0.2) is 66.3 Å². The van der Waals surface area contributed by atoms with Crippen molar-refractivity contribution in [3.8, 4) is 11.5 Å². The lowest BCUT2D eigenvalue weighted by Crippen LogP contribution is -2.46. The summed E-state index contributed by atoms with van der Waals surface area (Å²) in [6.45, 7) is 6.59. The van der Waals surface area contributed by atoms with Crippen molar-refractivity contribution in [1.29, 1.82) is 0 Å². The lowest BCUT2D eigenvalue weighted by atomic mass is 9.93. The summed E-state index contributed by atoms with van der Waals surface area (Å²) >= 11 is 0. The number of amides is 1. The molecule has 1 unspecified atom stereocenters. The van der Waals surface area contributed by atoms with E-state index in [0.29, 0.717) is 35.7 Å². The van der Waals surface area contributed by atoms with Gasteiger partial charge in [-0.25, -0.2) is 0 Å². The molecule has 8 N–H and O–H groups in total. The molecule has 3 rings (SSSR count). The first-order chi connectivity index (χ1) is 16.5. The molecular formula is C27H36N4O4. The molecule has 0 aliphatic heterocycles. The molecular weight excluding hydrogens is 444 g/mol. The van der Waals surface area contributed by atoms with E-state index in [1.807, 2.05) is 37.3 Å². The van der Waals surface area contributed by atoms with Crippen LogP contribution in [-0.2, 0) is 11.2 Å². The Morgan fingerprint density at radius 3 is 2.54 bits per heavy atom. The predicted molar refractivity (Wildman–Crippen MR) is 139 cm³/mol. The Bertz CT molecular complexity index is 1090. The highest BCUT2D eigenvalue weighted by Gasteiger charge is 2.26. The topological polar surface area (TPSA) is 146 Å². The molecule has 188 valence electrons. The zero-order valence-electron chi connectivity index (χ0n) is 20.6. The van der Waals surface area contributed by atoms with Crippen LogP contribution in [0.1, 0.15) is 32.8 Å². The van der Waals surface area contributed by atoms with Crippen LogP contribution in [0.25, 0.3) is 0 Å². The molecule has 2 aromatic rings. The van der Waals surface area contributed by atoms with Gasteiger partial charge in [-0.05, 0) is 69.2 Å². The smallest absolute Gasteiger partial charge is 0.248 e. The normalized spacial score (nSPS) is 18.6. The van der Waals surface area contributed by atoms with Crippen LogP contribution < -0.4 is 32.0 Å². The Morgan fingerprint density at radius 1 is 1.20 bits per heavy atom. The quantitative estimate of drug-likeness (QED) is 0.311. The zero-order chi connectivity index (χ0) is 25.6. The number of ether oxygens (including phenoxy) is 2. The highest BCUT2D eigenvalue weighted by atomic mass is 16.5. The highest BCUT2D eigenvalue weighted by molar-refractivity contribution is 5.95. The third kappa shape index (κ3) is 7.50. The lowest BCUT2D eigenvalue weighted by molar-refractivity contribution is -0.114. The van der Waals surface area contributed by atoms with Crippen LogP contribution in [0, 0.1) is 0 Å². The number of carbonyl (C=O) groups excluding carboxylic acids is 1. The second kappa shape index (κ2) is 10.8. The van der Waals surface area contributed by atoms with E-state index in [9.17, 15) is 9.90 Å². The first kappa shape index (κ1) is 26.1. The van der Waals surface area contributed by atoms with E-state index < -0.39 is 17.6 Å². The van der Waals surface area contributed by atoms with Gasteiger partial charge in [-0.3, -0.25) is 4.79 Å². The second-order valence-corrected chi connectivity index (χ2v) is 9.79. The minimum Gasteiger partial charge on any atom is -0.489 e. The van der Waals surface area contributed by atoms with Gasteiger partial charge in [0.15, 0.2) is 0 Å². The van der Waals surface area contributed by atoms with E-state index in [0.717, 1.165) is 17.7 Å². The monoisotopic (exact) mass is 480 g/mol. The minimum absolute atomic E-state index is 0.103. The maximum atomic E-state index is 11.3. The largest absolute Gasteiger partial charge is 0.489 e. The fraction of sp³-hybridized carbons (Fsp3) is 0.370. The summed E-state index contributed by atoms with van der Waals surface area (Å²) in [5.41, 5.74) is 18.7. The number of nitrogens with one attached hydrogen (secondary N) is 1. The van der Waals surface area contributed by atoms with E-state index >= 15 is 0 Å². The number of carbonyl (C=O) groups is 1. The number of aliphatic hydroxyl groups is 1. The van der Waals surface area contributed by atoms with Gasteiger partial charge in [0.25, 0.3) is 0 Å². The molecule has 0 spiro atoms. The van der Waals surface area contributed by atoms with Crippen LogP contribution in [0.3, 0.4) is 0 Å². The van der Waals surface area contributed by atoms with Gasteiger partial charge in [-0.15, -0.1) is 0 Å². The van der Waals surface area contributed by atoms with Crippen molar-refractivity contribution in [2.75, 3.05) is 24.6 Å². The van der Waals surface area contributed by atoms with Crippen molar-refractivity contribution in [3.63, 3.8) is 0 Å². The lowest BCUT2D eigenvalue weighted by Gasteiger charge is -2.30. The average molecular weight is 481 g/mol. The molecule has 0 fully saturated rings. The third-order valence-corrected chi connectivity index (χ3v) is 5.89. The molecule has 0 aromatic heterocycles. The standard InChI is InChI=1S/C27H36N4O4/c1-26(2,31-16-20(32)17-34-23-6-4-5-22(28)24(23)29)15-18-7-9-21(10-8-18)35-27(3)13-11-19(12-14-27)25(30)33/h4-13,20,31-32H,14-17,28-29H2,1-3H3,(H2,30,33)/t20-,27?/m0/s1. The van der Waals surface area contributed by atoms with Gasteiger partial charge >= 0.3 is 0 Å². The maximum Gasteiger partial charge on any atom is 0.248 e. The number of aliphatic hydroxyl groups excluding tert-OH is 1. The van der Waals surface area contributed by atoms with E-state index in [4.69, 9.17) is 26.7 Å². The van der Waals surface area contributed by atoms with Gasteiger partial charge in [0.1, 0.15) is 29.8 Å². The van der Waals surface area contributed by atoms with Crippen molar-refractivity contribution < 1.29 is 19.4 Å². The summed E-state index contributed by atoms with van der Waals surface area (Å²) in [4.78, 5) is 11.3. The summed E-state index contributed by atoms with van der Waals surface area (Å²) in [6.07, 6.45) is 5.98. The Kier molecular flexibility index (Phi) is 8.09. The molecule has 0 saturated carbocycles. The molecule has 1 aliphatic carbocycles. The second-order valence-electron chi connectivity index (χ2n) is 9.79. The van der Waals surface area contributed by atoms with Crippen molar-refractivity contribution >= 4 is 17.3 Å². The summed E-state index contributed by atoms with van der Waals surface area (Å²) in [5.74, 6) is 0.776. The van der Waals surface area contributed by atoms with Crippen LogP contribution in [0.4, 0.5) is 11.4 Å². The van der Waals surface area contributed by atoms with Gasteiger partial charge in [-0.1, -0.05) is 24.3 Å². The molecule has 35 heavy (non-hydrogen) atoms. The first-order valence-electron chi connectivity index (χ1n) is 11.6. The summed E-state index contributed by atoms with van der Waals surface area (Å²) in [6, 6.07) is 13.1. The van der Waals surface area contributed by atoms with Crippen molar-refractivity contribution in [1.82, 2.24) is 5.32 Å². The Hall–Kier alpha value is -3.49. The van der Waals surface area contributed by atoms with E-state index in [2.05, 4.69) is 19.2 Å². The number of rotatable bonds is 11. The third-order valence-electron chi connectivity index (χ3n) is 5.89. The van der Waals surface area contributed by atoms with Gasteiger partial charge in [0.05, 0.1) is 11.4 Å². The van der Waals surface area contributed by atoms with Crippen LogP contribution >= 0.6 is 0 Å². The number of nitrogens with two attached hydrogens (primary N) is 3. The Labute approximate surface area is 206 Å². The number of hydrogen-bond acceptors (Lipinski definition) is 7. The molecule has 0 saturated heterocycles. The number of β-amino-alcohol motifs (C(OH)–C–C–N with tert-alkyl or cyclic N) is 1. The maximum absolute atomic E-state index is 11.3. The van der Waals surface area contributed by atoms with Gasteiger partial charge in [-0.2, -0.15) is 0 Å². The van der Waals surface area contributed by atoms with E-state index in [1.165, 1.54) is 0 Å². The number of para-hydroxylation sites is 1. The molecule has 0 bridgehead atoms. The number of anilines is 2. The number of nitrogen functional groups attached to an aromatic ring is 2. The molecule has 2 aromatic carbocycles. The van der Waals surface area contributed by atoms with Crippen molar-refractivity contribution in [3.05, 3.63) is 71.8 Å².